The highest BCUT2D eigenvalue weighted by Gasteiger charge is 2.14. The third-order valence-corrected chi connectivity index (χ3v) is 6.65. The van der Waals surface area contributed by atoms with Gasteiger partial charge in [0, 0.05) is 5.69 Å². The van der Waals surface area contributed by atoms with Crippen LogP contribution in [0.5, 0.6) is 0 Å². The zero-order chi connectivity index (χ0) is 17.9. The van der Waals surface area contributed by atoms with E-state index in [1.807, 2.05) is 24.3 Å². The molecule has 0 saturated carbocycles. The molecule has 1 amide bonds. The molecule has 130 valence electrons. The lowest BCUT2D eigenvalue weighted by Crippen LogP contribution is -2.11. The van der Waals surface area contributed by atoms with Crippen LogP contribution in [0.4, 0.5) is 10.1 Å². The fourth-order valence-electron chi connectivity index (χ4n) is 2.16. The lowest BCUT2D eigenvalue weighted by Gasteiger charge is -2.01. The Labute approximate surface area is 160 Å². The molecule has 4 rings (SSSR count). The molecule has 4 aromatic rings. The van der Waals surface area contributed by atoms with E-state index in [0.29, 0.717) is 11.4 Å². The Kier molecular flexibility index (Phi) is 4.91. The third kappa shape index (κ3) is 3.90. The fraction of sp³-hybridized carbons (Fsp3) is 0.0588. The van der Waals surface area contributed by atoms with Crippen LogP contribution < -0.4 is 5.32 Å². The predicted octanol–water partition coefficient (Wildman–Crippen LogP) is 4.83. The van der Waals surface area contributed by atoms with E-state index in [0.717, 1.165) is 19.6 Å². The molecule has 9 heteroatoms. The molecule has 2 aromatic carbocycles. The highest BCUT2D eigenvalue weighted by molar-refractivity contribution is 8.00. The van der Waals surface area contributed by atoms with E-state index in [-0.39, 0.29) is 16.7 Å². The summed E-state index contributed by atoms with van der Waals surface area (Å²) in [5.41, 5.74) is 1.49. The maximum Gasteiger partial charge on any atom is 0.286 e. The van der Waals surface area contributed by atoms with Gasteiger partial charge in [0.15, 0.2) is 4.34 Å². The Morgan fingerprint density at radius 1 is 1.08 bits per heavy atom. The summed E-state index contributed by atoms with van der Waals surface area (Å²) < 4.78 is 15.0. The first-order chi connectivity index (χ1) is 12.7. The lowest BCUT2D eigenvalue weighted by molar-refractivity contribution is 0.102. The number of hydrogen-bond acceptors (Lipinski definition) is 7. The van der Waals surface area contributed by atoms with Crippen LogP contribution in [-0.4, -0.2) is 21.1 Å². The van der Waals surface area contributed by atoms with Gasteiger partial charge in [-0.2, -0.15) is 0 Å². The molecule has 0 unspecified atom stereocenters. The molecule has 0 fully saturated rings. The summed E-state index contributed by atoms with van der Waals surface area (Å²) in [5, 5.41) is 11.7. The van der Waals surface area contributed by atoms with Gasteiger partial charge in [-0.1, -0.05) is 35.2 Å². The molecule has 1 N–H and O–H groups in total. The van der Waals surface area contributed by atoms with Crippen molar-refractivity contribution in [3.8, 4) is 0 Å². The summed E-state index contributed by atoms with van der Waals surface area (Å²) in [6, 6.07) is 13.6. The number of aromatic nitrogens is 3. The number of hydrogen-bond donors (Lipinski definition) is 1. The molecule has 5 nitrogen and oxygen atoms in total. The molecular weight excluding hydrogens is 391 g/mol. The third-order valence-electron chi connectivity index (χ3n) is 3.36. The van der Waals surface area contributed by atoms with Crippen LogP contribution in [0.3, 0.4) is 0 Å². The molecule has 0 aliphatic heterocycles. The number of carbonyl (C=O) groups excluding carboxylic acids is 1. The van der Waals surface area contributed by atoms with Gasteiger partial charge in [-0.15, -0.1) is 21.5 Å². The Bertz CT molecular complexity index is 1030. The van der Waals surface area contributed by atoms with E-state index in [1.165, 1.54) is 35.6 Å². The summed E-state index contributed by atoms with van der Waals surface area (Å²) in [6.45, 7) is 0. The topological polar surface area (TPSA) is 67.8 Å². The smallest absolute Gasteiger partial charge is 0.286 e. The van der Waals surface area contributed by atoms with Crippen molar-refractivity contribution in [2.24, 2.45) is 0 Å². The van der Waals surface area contributed by atoms with Gasteiger partial charge in [0.1, 0.15) is 10.8 Å². The van der Waals surface area contributed by atoms with Crippen LogP contribution in [0.15, 0.2) is 52.9 Å². The fourth-order valence-corrected chi connectivity index (χ4v) is 4.95. The quantitative estimate of drug-likeness (QED) is 0.484. The van der Waals surface area contributed by atoms with Gasteiger partial charge in [0.2, 0.25) is 5.01 Å². The maximum absolute atomic E-state index is 12.9. The van der Waals surface area contributed by atoms with Gasteiger partial charge < -0.3 is 5.32 Å². The second-order valence-corrected chi connectivity index (χ2v) is 8.51. The maximum atomic E-state index is 12.9. The normalized spacial score (nSPS) is 11.0. The van der Waals surface area contributed by atoms with Gasteiger partial charge in [-0.25, -0.2) is 9.37 Å². The van der Waals surface area contributed by atoms with Crippen molar-refractivity contribution in [2.75, 3.05) is 5.32 Å². The van der Waals surface area contributed by atoms with Gasteiger partial charge in [0.05, 0.1) is 16.0 Å². The SMILES string of the molecule is O=C(Nc1ccc(F)cc1)c1nnc(CSc2nc3ccccc3s2)s1. The highest BCUT2D eigenvalue weighted by atomic mass is 32.2. The zero-order valence-corrected chi connectivity index (χ0v) is 15.6. The van der Waals surface area contributed by atoms with E-state index >= 15 is 0 Å². The molecule has 0 bridgehead atoms. The number of carbonyl (C=O) groups is 1. The van der Waals surface area contributed by atoms with E-state index in [1.54, 1.807) is 23.1 Å². The van der Waals surface area contributed by atoms with Crippen LogP contribution in [0, 0.1) is 5.82 Å². The van der Waals surface area contributed by atoms with Crippen LogP contribution in [0.2, 0.25) is 0 Å². The standard InChI is InChI=1S/C17H11FN4OS3/c18-10-5-7-11(8-6-10)19-15(23)16-22-21-14(26-16)9-24-17-20-12-3-1-2-4-13(12)25-17/h1-8H,9H2,(H,19,23). The molecule has 0 radical (unpaired) electrons. The Hall–Kier alpha value is -2.36. The molecule has 0 aliphatic carbocycles. The first-order valence-corrected chi connectivity index (χ1v) is 10.2. The van der Waals surface area contributed by atoms with E-state index in [4.69, 9.17) is 0 Å². The van der Waals surface area contributed by atoms with Crippen molar-refractivity contribution in [1.29, 1.82) is 0 Å². The number of anilines is 1. The summed E-state index contributed by atoms with van der Waals surface area (Å²) in [7, 11) is 0. The molecule has 2 heterocycles. The van der Waals surface area contributed by atoms with Crippen molar-refractivity contribution in [2.45, 2.75) is 10.1 Å². The lowest BCUT2D eigenvalue weighted by atomic mass is 10.3. The summed E-state index contributed by atoms with van der Waals surface area (Å²) in [6.07, 6.45) is 0. The minimum absolute atomic E-state index is 0.272. The van der Waals surface area contributed by atoms with E-state index < -0.39 is 0 Å². The Morgan fingerprint density at radius 2 is 1.88 bits per heavy atom. The van der Waals surface area contributed by atoms with Crippen molar-refractivity contribution in [1.82, 2.24) is 15.2 Å². The van der Waals surface area contributed by atoms with Gasteiger partial charge in [0.25, 0.3) is 5.91 Å². The molecule has 26 heavy (non-hydrogen) atoms. The number of thioether (sulfide) groups is 1. The number of benzene rings is 2. The first kappa shape index (κ1) is 17.1. The van der Waals surface area contributed by atoms with E-state index in [2.05, 4.69) is 20.5 Å². The van der Waals surface area contributed by atoms with Gasteiger partial charge in [-0.05, 0) is 36.4 Å². The van der Waals surface area contributed by atoms with Crippen LogP contribution >= 0.6 is 34.4 Å². The molecule has 2 aromatic heterocycles. The van der Waals surface area contributed by atoms with E-state index in [9.17, 15) is 9.18 Å². The number of amides is 1. The van der Waals surface area contributed by atoms with Crippen LogP contribution in [-0.2, 0) is 5.75 Å². The highest BCUT2D eigenvalue weighted by Crippen LogP contribution is 2.31. The van der Waals surface area contributed by atoms with Crippen molar-refractivity contribution < 1.29 is 9.18 Å². The number of nitrogens with zero attached hydrogens (tertiary/aromatic N) is 3. The largest absolute Gasteiger partial charge is 0.320 e. The average Bonchev–Trinajstić information content (AvgIpc) is 3.28. The number of thiazole rings is 1. The van der Waals surface area contributed by atoms with Gasteiger partial charge >= 0.3 is 0 Å². The molecule has 0 aliphatic rings. The number of para-hydroxylation sites is 1. The van der Waals surface area contributed by atoms with Crippen LogP contribution in [0.1, 0.15) is 14.8 Å². The Morgan fingerprint density at radius 3 is 2.69 bits per heavy atom. The van der Waals surface area contributed by atoms with Crippen molar-refractivity contribution >= 4 is 56.2 Å². The average molecular weight is 403 g/mol. The van der Waals surface area contributed by atoms with Crippen molar-refractivity contribution in [3.05, 3.63) is 64.4 Å². The number of rotatable bonds is 5. The molecule has 0 spiro atoms. The minimum atomic E-state index is -0.356. The summed E-state index contributed by atoms with van der Waals surface area (Å²) in [4.78, 5) is 16.8. The predicted molar refractivity (Wildman–Crippen MR) is 103 cm³/mol. The van der Waals surface area contributed by atoms with Gasteiger partial charge in [-0.3, -0.25) is 4.79 Å². The molecule has 0 saturated heterocycles. The second kappa shape index (κ2) is 7.48. The zero-order valence-electron chi connectivity index (χ0n) is 13.2. The number of nitrogens with one attached hydrogen (secondary N) is 1. The van der Waals surface area contributed by atoms with Crippen LogP contribution in [0.25, 0.3) is 10.2 Å². The van der Waals surface area contributed by atoms with Crippen molar-refractivity contribution in [3.63, 3.8) is 0 Å². The summed E-state index contributed by atoms with van der Waals surface area (Å²) in [5.74, 6) is -0.111. The first-order valence-electron chi connectivity index (χ1n) is 7.55. The number of halogens is 1. The summed E-state index contributed by atoms with van der Waals surface area (Å²) >= 11 is 4.44. The monoisotopic (exact) mass is 402 g/mol. The minimum Gasteiger partial charge on any atom is -0.320 e. The Balaban J connectivity index is 1.39. The molecule has 0 atom stereocenters. The number of fused-ring (bicyclic) bond motifs is 1. The second-order valence-electron chi connectivity index (χ2n) is 5.20. The molecular formula is C17H11FN4OS3.